The van der Waals surface area contributed by atoms with E-state index in [1.807, 2.05) is 0 Å². The van der Waals surface area contributed by atoms with E-state index in [1.54, 1.807) is 0 Å². The van der Waals surface area contributed by atoms with Crippen LogP contribution in [0.4, 0.5) is 0 Å². The maximum Gasteiger partial charge on any atom is 0.0737 e. The molecule has 10 heterocycles. The topological polar surface area (TPSA) is 115 Å². The van der Waals surface area contributed by atoms with Gasteiger partial charge in [0.1, 0.15) is 0 Å². The molecule has 16 bridgehead atoms. The van der Waals surface area contributed by atoms with E-state index in [0.29, 0.717) is 0 Å². The Bertz CT molecular complexity index is 6280. The highest BCUT2D eigenvalue weighted by atomic mass is 14.8. The zero-order chi connectivity index (χ0) is 83.4. The molecule has 4 aliphatic heterocycles. The summed E-state index contributed by atoms with van der Waals surface area (Å²) in [7, 11) is 0. The van der Waals surface area contributed by atoms with Crippen LogP contribution >= 0.6 is 0 Å². The van der Waals surface area contributed by atoms with Crippen LogP contribution in [0.5, 0.6) is 0 Å². The Morgan fingerprint density at radius 2 is 0.364 bits per heavy atom. The fraction of sp³-hybridized carbons (Fsp3) is 0.255. The van der Waals surface area contributed by atoms with Crippen LogP contribution in [0.2, 0.25) is 0 Å². The first-order chi connectivity index (χ1) is 55.9. The van der Waals surface area contributed by atoms with Gasteiger partial charge in [0.15, 0.2) is 0 Å². The van der Waals surface area contributed by atoms with Crippen molar-refractivity contribution in [2.75, 3.05) is 0 Å². The van der Waals surface area contributed by atoms with Crippen molar-refractivity contribution in [2.45, 2.75) is 188 Å². The lowest BCUT2D eigenvalue weighted by Gasteiger charge is -2.26. The van der Waals surface area contributed by atoms with Gasteiger partial charge in [0.25, 0.3) is 0 Å². The van der Waals surface area contributed by atoms with Crippen molar-refractivity contribution in [3.63, 3.8) is 0 Å². The summed E-state index contributed by atoms with van der Waals surface area (Å²) in [5.41, 5.74) is 50.2. The highest BCUT2D eigenvalue weighted by Gasteiger charge is 2.30. The molecular weight excluding hydrogens is 1430 g/mol. The van der Waals surface area contributed by atoms with E-state index in [-0.39, 0.29) is 21.7 Å². The molecule has 7 aromatic carbocycles. The monoisotopic (exact) mass is 1540 g/mol. The highest BCUT2D eigenvalue weighted by Crippen LogP contribution is 2.48. The van der Waals surface area contributed by atoms with Crippen molar-refractivity contribution >= 4 is 92.7 Å². The van der Waals surface area contributed by atoms with Gasteiger partial charge in [-0.15, -0.1) is 0 Å². The van der Waals surface area contributed by atoms with Gasteiger partial charge in [0.2, 0.25) is 0 Å². The number of aryl methyl sites for hydroxylation is 12. The number of hydrogen-bond acceptors (Lipinski definition) is 4. The van der Waals surface area contributed by atoms with Gasteiger partial charge >= 0.3 is 0 Å². The molecule has 17 rings (SSSR count). The van der Waals surface area contributed by atoms with Gasteiger partial charge in [-0.2, -0.15) is 0 Å². The third-order valence-corrected chi connectivity index (χ3v) is 24.6. The number of hydrogen-bond donors (Lipinski definition) is 4. The summed E-state index contributed by atoms with van der Waals surface area (Å²) in [4.78, 5) is 40.3. The van der Waals surface area contributed by atoms with Crippen LogP contribution in [0.1, 0.15) is 218 Å². The number of nitrogens with zero attached hydrogens (tertiary/aromatic N) is 4. The number of benzene rings is 7. The highest BCUT2D eigenvalue weighted by molar-refractivity contribution is 6.05. The SMILES string of the molecule is Cc1cc(C)c(-c2c3nc(c(-c4cc(C(C)(C)C)cc(C(C)(C)C)c4)c4ccc([nH]4)c(-c4c(C)cc(C)cc4C)c4nc(c(-c5cccc(-c6c7nc(c(-c8c(C)cc(C)cc8C)c8ccc([nH]8)c(-c8cc(C(C)(C)C)cc(C(C)(C)C)c8)c8nc(c(-c9c(C)cc(C)cc9C)c9ccc6[nH]9)C=C8)C=C7)c5)c5ccc2[nH]5)C=C4)C=C3)c(C)c1. The number of rotatable bonds is 8. The van der Waals surface area contributed by atoms with E-state index in [2.05, 4.69) is 392 Å². The van der Waals surface area contributed by atoms with E-state index in [9.17, 15) is 0 Å². The van der Waals surface area contributed by atoms with Crippen molar-refractivity contribution in [2.24, 2.45) is 0 Å². The zero-order valence-electron chi connectivity index (χ0n) is 73.4. The second kappa shape index (κ2) is 28.8. The lowest BCUT2D eigenvalue weighted by molar-refractivity contribution is 0.568. The molecule has 8 heteroatoms. The first-order valence-corrected chi connectivity index (χ1v) is 42.0. The molecule has 590 valence electrons. The molecule has 0 unspecified atom stereocenters. The summed E-state index contributed by atoms with van der Waals surface area (Å²) in [6.07, 6.45) is 17.9. The summed E-state index contributed by atoms with van der Waals surface area (Å²) < 4.78 is 0. The van der Waals surface area contributed by atoms with Crippen molar-refractivity contribution in [1.29, 1.82) is 0 Å². The number of aromatic nitrogens is 8. The molecule has 0 saturated carbocycles. The molecule has 8 nitrogen and oxygen atoms in total. The molecule has 0 fully saturated rings. The van der Waals surface area contributed by atoms with Crippen molar-refractivity contribution < 1.29 is 0 Å². The first kappa shape index (κ1) is 78.3. The van der Waals surface area contributed by atoms with Gasteiger partial charge in [-0.25, -0.2) is 19.9 Å². The molecule has 0 saturated heterocycles. The lowest BCUT2D eigenvalue weighted by Crippen LogP contribution is -2.16. The molecule has 4 N–H and O–H groups in total. The molecule has 4 aliphatic rings. The van der Waals surface area contributed by atoms with Crippen molar-refractivity contribution in [3.8, 4) is 89.0 Å². The molecule has 13 aromatic rings. The Kier molecular flexibility index (Phi) is 19.1. The second-order valence-electron chi connectivity index (χ2n) is 38.3. The Labute approximate surface area is 697 Å². The van der Waals surface area contributed by atoms with Gasteiger partial charge in [-0.05, 0) is 319 Å². The van der Waals surface area contributed by atoms with Gasteiger partial charge in [0.05, 0.1) is 45.6 Å². The van der Waals surface area contributed by atoms with E-state index >= 15 is 0 Å². The van der Waals surface area contributed by atoms with Crippen molar-refractivity contribution in [1.82, 2.24) is 39.9 Å². The third-order valence-electron chi connectivity index (χ3n) is 24.6. The van der Waals surface area contributed by atoms with Crippen LogP contribution in [0.3, 0.4) is 0 Å². The maximum absolute atomic E-state index is 5.97. The molecule has 0 atom stereocenters. The Balaban J connectivity index is 0.994. The smallest absolute Gasteiger partial charge is 0.0737 e. The van der Waals surface area contributed by atoms with Crippen molar-refractivity contribution in [3.05, 3.63) is 292 Å². The van der Waals surface area contributed by atoms with Gasteiger partial charge in [-0.3, -0.25) is 0 Å². The van der Waals surface area contributed by atoms with Crippen LogP contribution in [0.15, 0.2) is 158 Å². The molecule has 0 amide bonds. The minimum atomic E-state index is -0.130. The normalized spacial score (nSPS) is 12.9. The summed E-state index contributed by atoms with van der Waals surface area (Å²) in [5.74, 6) is 0. The number of fused-ring (bicyclic) bond motifs is 16. The lowest BCUT2D eigenvalue weighted by atomic mass is 9.78. The Morgan fingerprint density at radius 1 is 0.186 bits per heavy atom. The average Bonchev–Trinajstić information content (AvgIpc) is 1.57. The fourth-order valence-corrected chi connectivity index (χ4v) is 19.1. The Morgan fingerprint density at radius 3 is 0.559 bits per heavy atom. The zero-order valence-corrected chi connectivity index (χ0v) is 73.4. The number of aromatic amines is 4. The fourth-order valence-electron chi connectivity index (χ4n) is 19.1. The summed E-state index contributed by atoms with van der Waals surface area (Å²) in [6.45, 7) is 54.5. The molecule has 6 aromatic heterocycles. The van der Waals surface area contributed by atoms with E-state index in [4.69, 9.17) is 19.9 Å². The minimum Gasteiger partial charge on any atom is -0.354 e. The standard InChI is InChI=1S/C110H110N8/c1-59-44-63(5)95(64(6)45-59)103-87-36-28-79(111-87)99(80-29-37-88(112-80)104(96-65(7)46-60(2)47-66(96)8)92-41-33-84(116-92)101(83-32-40-91(103)115-83)73-53-75(107(13,14)15)57-76(54-73)108(16,17)18)71-26-25-27-72(52-71)100-81-30-38-89(113-81)105(97-67(9)48-61(3)49-68(97)10)93-42-34-85(117-93)102(74-55-77(109(19,20)21)58-78(56-74)110(22,23)24)86-35-43-94(118-86)106(90-39-31-82(100)114-90)98-69(11)50-62(4)51-70(98)12/h25-58,111,113,116,118H,1-24H3. The molecule has 0 spiro atoms. The number of H-pyrrole nitrogens is 4. The van der Waals surface area contributed by atoms with E-state index < -0.39 is 0 Å². The summed E-state index contributed by atoms with van der Waals surface area (Å²) in [5, 5.41) is 0. The minimum absolute atomic E-state index is 0.130. The van der Waals surface area contributed by atoms with Gasteiger partial charge in [-0.1, -0.05) is 208 Å². The largest absolute Gasteiger partial charge is 0.354 e. The summed E-state index contributed by atoms with van der Waals surface area (Å²) >= 11 is 0. The van der Waals surface area contributed by atoms with Crippen LogP contribution in [0.25, 0.3) is 182 Å². The molecular formula is C110H110N8. The first-order valence-electron chi connectivity index (χ1n) is 42.0. The predicted octanol–water partition coefficient (Wildman–Crippen LogP) is 29.9. The quantitative estimate of drug-likeness (QED) is 0.121. The average molecular weight is 1540 g/mol. The maximum atomic E-state index is 5.97. The third kappa shape index (κ3) is 14.2. The van der Waals surface area contributed by atoms with Crippen LogP contribution < -0.4 is 0 Å². The van der Waals surface area contributed by atoms with E-state index in [0.717, 1.165) is 179 Å². The summed E-state index contributed by atoms with van der Waals surface area (Å²) in [6, 6.07) is 60.1. The molecule has 118 heavy (non-hydrogen) atoms. The van der Waals surface area contributed by atoms with Gasteiger partial charge < -0.3 is 19.9 Å². The Hall–Kier alpha value is -12.3. The van der Waals surface area contributed by atoms with E-state index in [1.165, 1.54) is 89.0 Å². The predicted molar refractivity (Wildman–Crippen MR) is 506 cm³/mol. The van der Waals surface area contributed by atoms with Gasteiger partial charge in [0, 0.05) is 88.6 Å². The second-order valence-corrected chi connectivity index (χ2v) is 38.3. The molecule has 0 aliphatic carbocycles. The van der Waals surface area contributed by atoms with Crippen LogP contribution in [-0.4, -0.2) is 39.9 Å². The van der Waals surface area contributed by atoms with Crippen LogP contribution in [0, 0.1) is 83.1 Å². The van der Waals surface area contributed by atoms with Crippen LogP contribution in [-0.2, 0) is 21.7 Å². The number of nitrogens with one attached hydrogen (secondary N) is 4. The molecule has 0 radical (unpaired) electrons.